The van der Waals surface area contributed by atoms with E-state index >= 15 is 0 Å². The van der Waals surface area contributed by atoms with Crippen molar-refractivity contribution in [2.24, 2.45) is 10.5 Å². The molecular formula is C12H18N2O2S. The summed E-state index contributed by atoms with van der Waals surface area (Å²) in [7, 11) is -3.55. The number of hydrogen-bond acceptors (Lipinski definition) is 3. The summed E-state index contributed by atoms with van der Waals surface area (Å²) in [5.41, 5.74) is 0.859. The molecule has 17 heavy (non-hydrogen) atoms. The van der Waals surface area contributed by atoms with Crippen LogP contribution in [0.15, 0.2) is 34.3 Å². The van der Waals surface area contributed by atoms with E-state index in [4.69, 9.17) is 0 Å². The number of rotatable bonds is 3. The van der Waals surface area contributed by atoms with Crippen LogP contribution in [0, 0.1) is 12.3 Å². The molecule has 0 saturated heterocycles. The van der Waals surface area contributed by atoms with Crippen molar-refractivity contribution in [2.75, 3.05) is 0 Å². The van der Waals surface area contributed by atoms with Crippen molar-refractivity contribution in [2.45, 2.75) is 32.6 Å². The van der Waals surface area contributed by atoms with Crippen LogP contribution in [-0.2, 0) is 10.0 Å². The van der Waals surface area contributed by atoms with E-state index in [1.165, 1.54) is 0 Å². The molecule has 0 radical (unpaired) electrons. The Labute approximate surface area is 103 Å². The van der Waals surface area contributed by atoms with E-state index in [1.807, 2.05) is 27.7 Å². The summed E-state index contributed by atoms with van der Waals surface area (Å²) < 4.78 is 23.6. The average molecular weight is 254 g/mol. The number of sulfonamides is 1. The molecule has 1 N–H and O–H groups in total. The van der Waals surface area contributed by atoms with Crippen LogP contribution in [0.25, 0.3) is 0 Å². The number of nitrogens with zero attached hydrogens (tertiary/aromatic N) is 1. The number of nitrogens with one attached hydrogen (secondary N) is 1. The minimum absolute atomic E-state index is 0.157. The van der Waals surface area contributed by atoms with Gasteiger partial charge in [-0.2, -0.15) is 13.5 Å². The van der Waals surface area contributed by atoms with E-state index in [1.54, 1.807) is 30.5 Å². The Balaban J connectivity index is 2.83. The van der Waals surface area contributed by atoms with Gasteiger partial charge in [-0.05, 0) is 24.5 Å². The van der Waals surface area contributed by atoms with Gasteiger partial charge < -0.3 is 0 Å². The predicted molar refractivity (Wildman–Crippen MR) is 69.4 cm³/mol. The topological polar surface area (TPSA) is 58.5 Å². The molecule has 0 heterocycles. The Kier molecular flexibility index (Phi) is 3.93. The molecule has 94 valence electrons. The highest BCUT2D eigenvalue weighted by atomic mass is 32.2. The predicted octanol–water partition coefficient (Wildman–Crippen LogP) is 2.31. The maximum atomic E-state index is 11.8. The zero-order chi connectivity index (χ0) is 13.1. The second-order valence-corrected chi connectivity index (χ2v) is 6.69. The summed E-state index contributed by atoms with van der Waals surface area (Å²) in [6.07, 6.45) is 1.57. The maximum Gasteiger partial charge on any atom is 0.276 e. The Morgan fingerprint density at radius 3 is 2.18 bits per heavy atom. The van der Waals surface area contributed by atoms with Gasteiger partial charge in [-0.25, -0.2) is 4.83 Å². The normalized spacial score (nSPS) is 12.9. The first-order valence-electron chi connectivity index (χ1n) is 5.33. The zero-order valence-electron chi connectivity index (χ0n) is 10.6. The van der Waals surface area contributed by atoms with Gasteiger partial charge in [0, 0.05) is 6.21 Å². The van der Waals surface area contributed by atoms with E-state index in [0.29, 0.717) is 0 Å². The lowest BCUT2D eigenvalue weighted by Gasteiger charge is -2.10. The molecule has 0 fully saturated rings. The fourth-order valence-electron chi connectivity index (χ4n) is 1.06. The quantitative estimate of drug-likeness (QED) is 0.664. The smallest absolute Gasteiger partial charge is 0.200 e. The minimum atomic E-state index is -3.55. The van der Waals surface area contributed by atoms with E-state index in [2.05, 4.69) is 9.93 Å². The van der Waals surface area contributed by atoms with E-state index < -0.39 is 10.0 Å². The van der Waals surface area contributed by atoms with E-state index in [-0.39, 0.29) is 10.3 Å². The summed E-state index contributed by atoms with van der Waals surface area (Å²) in [6, 6.07) is 6.62. The molecule has 1 aromatic carbocycles. The lowest BCUT2D eigenvalue weighted by molar-refractivity contribution is 0.579. The summed E-state index contributed by atoms with van der Waals surface area (Å²) in [5, 5.41) is 3.75. The SMILES string of the molecule is Cc1ccc(S(=O)(=O)N/N=C\C(C)(C)C)cc1. The van der Waals surface area contributed by atoms with Crippen molar-refractivity contribution in [3.8, 4) is 0 Å². The second kappa shape index (κ2) is 4.87. The third-order valence-corrected chi connectivity index (χ3v) is 3.19. The molecule has 0 aliphatic carbocycles. The lowest BCUT2D eigenvalue weighted by atomic mass is 9.99. The number of hydrogen-bond donors (Lipinski definition) is 1. The molecule has 0 aliphatic heterocycles. The molecule has 5 heteroatoms. The van der Waals surface area contributed by atoms with Gasteiger partial charge in [0.2, 0.25) is 0 Å². The molecule has 0 saturated carbocycles. The van der Waals surface area contributed by atoms with Gasteiger partial charge in [-0.15, -0.1) is 0 Å². The van der Waals surface area contributed by atoms with Gasteiger partial charge in [0.1, 0.15) is 0 Å². The van der Waals surface area contributed by atoms with E-state index in [0.717, 1.165) is 5.56 Å². The van der Waals surface area contributed by atoms with Crippen molar-refractivity contribution in [1.29, 1.82) is 0 Å². The fraction of sp³-hybridized carbons (Fsp3) is 0.417. The second-order valence-electron chi connectivity index (χ2n) is 5.03. The number of benzene rings is 1. The molecule has 0 spiro atoms. The van der Waals surface area contributed by atoms with Gasteiger partial charge in [0.15, 0.2) is 0 Å². The van der Waals surface area contributed by atoms with Crippen LogP contribution in [0.2, 0.25) is 0 Å². The molecule has 0 unspecified atom stereocenters. The summed E-state index contributed by atoms with van der Waals surface area (Å²) in [5.74, 6) is 0. The summed E-state index contributed by atoms with van der Waals surface area (Å²) >= 11 is 0. The highest BCUT2D eigenvalue weighted by Crippen LogP contribution is 2.11. The third kappa shape index (κ3) is 4.56. The van der Waals surface area contributed by atoms with Crippen LogP contribution in [0.3, 0.4) is 0 Å². The van der Waals surface area contributed by atoms with Gasteiger partial charge in [-0.1, -0.05) is 38.5 Å². The van der Waals surface area contributed by atoms with Crippen LogP contribution in [0.4, 0.5) is 0 Å². The highest BCUT2D eigenvalue weighted by Gasteiger charge is 2.12. The first kappa shape index (κ1) is 13.7. The van der Waals surface area contributed by atoms with Crippen LogP contribution >= 0.6 is 0 Å². The molecule has 4 nitrogen and oxygen atoms in total. The molecule has 0 amide bonds. The standard InChI is InChI=1S/C12H18N2O2S/c1-10-5-7-11(8-6-10)17(15,16)14-13-9-12(2,3)4/h5-9,14H,1-4H3/b13-9-. The molecule has 0 aliphatic rings. The van der Waals surface area contributed by atoms with Crippen molar-refractivity contribution >= 4 is 16.2 Å². The van der Waals surface area contributed by atoms with E-state index in [9.17, 15) is 8.42 Å². The molecule has 0 aromatic heterocycles. The Morgan fingerprint density at radius 1 is 1.18 bits per heavy atom. The number of hydrazone groups is 1. The number of aryl methyl sites for hydroxylation is 1. The average Bonchev–Trinajstić information content (AvgIpc) is 2.15. The Morgan fingerprint density at radius 2 is 1.71 bits per heavy atom. The van der Waals surface area contributed by atoms with Gasteiger partial charge in [0.25, 0.3) is 10.0 Å². The monoisotopic (exact) mass is 254 g/mol. The van der Waals surface area contributed by atoms with Crippen LogP contribution < -0.4 is 4.83 Å². The lowest BCUT2D eigenvalue weighted by Crippen LogP contribution is -2.20. The first-order chi connectivity index (χ1) is 7.71. The molecule has 1 aromatic rings. The largest absolute Gasteiger partial charge is 0.276 e. The van der Waals surface area contributed by atoms with Gasteiger partial charge in [0.05, 0.1) is 4.90 Å². The van der Waals surface area contributed by atoms with Gasteiger partial charge in [-0.3, -0.25) is 0 Å². The molecule has 0 bridgehead atoms. The van der Waals surface area contributed by atoms with Crippen molar-refractivity contribution in [3.05, 3.63) is 29.8 Å². The molecule has 0 atom stereocenters. The first-order valence-corrected chi connectivity index (χ1v) is 6.82. The highest BCUT2D eigenvalue weighted by molar-refractivity contribution is 7.89. The van der Waals surface area contributed by atoms with Crippen LogP contribution in [0.1, 0.15) is 26.3 Å². The van der Waals surface area contributed by atoms with Crippen molar-refractivity contribution in [3.63, 3.8) is 0 Å². The Bertz CT molecular complexity index is 496. The van der Waals surface area contributed by atoms with Crippen LogP contribution in [0.5, 0.6) is 0 Å². The summed E-state index contributed by atoms with van der Waals surface area (Å²) in [4.78, 5) is 2.41. The van der Waals surface area contributed by atoms with Crippen LogP contribution in [-0.4, -0.2) is 14.6 Å². The fourth-order valence-corrected chi connectivity index (χ4v) is 1.85. The van der Waals surface area contributed by atoms with Crippen molar-refractivity contribution < 1.29 is 8.42 Å². The van der Waals surface area contributed by atoms with Gasteiger partial charge >= 0.3 is 0 Å². The molecule has 1 rings (SSSR count). The summed E-state index contributed by atoms with van der Waals surface area (Å²) in [6.45, 7) is 7.73. The molecular weight excluding hydrogens is 236 g/mol. The Hall–Kier alpha value is -1.36. The van der Waals surface area contributed by atoms with Crippen molar-refractivity contribution in [1.82, 2.24) is 4.83 Å². The third-order valence-electron chi connectivity index (χ3n) is 1.96. The minimum Gasteiger partial charge on any atom is -0.200 e. The maximum absolute atomic E-state index is 11.8. The zero-order valence-corrected chi connectivity index (χ0v) is 11.4.